The molecule has 0 radical (unpaired) electrons. The maximum absolute atomic E-state index is 9.01. The largest absolute Gasteiger partial charge is 0.395 e. The molecule has 1 aromatic heterocycles. The summed E-state index contributed by atoms with van der Waals surface area (Å²) in [6, 6.07) is 4.06. The summed E-state index contributed by atoms with van der Waals surface area (Å²) in [5, 5.41) is 9.01. The number of nitrogens with zero attached hydrogens (tertiary/aromatic N) is 2. The summed E-state index contributed by atoms with van der Waals surface area (Å²) in [4.78, 5) is 6.38. The quantitative estimate of drug-likeness (QED) is 0.776. The van der Waals surface area contributed by atoms with Gasteiger partial charge in [-0.3, -0.25) is 4.98 Å². The lowest BCUT2D eigenvalue weighted by atomic mass is 10.2. The molecule has 0 saturated heterocycles. The predicted octanol–water partition coefficient (Wildman–Crippen LogP) is 1.99. The second-order valence-electron chi connectivity index (χ2n) is 3.72. The van der Waals surface area contributed by atoms with E-state index in [4.69, 9.17) is 5.11 Å². The summed E-state index contributed by atoms with van der Waals surface area (Å²) in [5.74, 6) is 0. The van der Waals surface area contributed by atoms with Gasteiger partial charge >= 0.3 is 0 Å². The van der Waals surface area contributed by atoms with E-state index in [9.17, 15) is 0 Å². The highest BCUT2D eigenvalue weighted by atomic mass is 16.3. The van der Waals surface area contributed by atoms with Crippen molar-refractivity contribution < 1.29 is 5.11 Å². The fourth-order valence-electron chi connectivity index (χ4n) is 1.57. The van der Waals surface area contributed by atoms with E-state index in [-0.39, 0.29) is 6.61 Å². The minimum absolute atomic E-state index is 0.199. The first-order chi connectivity index (χ1) is 7.27. The van der Waals surface area contributed by atoms with Crippen molar-refractivity contribution in [1.29, 1.82) is 0 Å². The SMILES string of the molecule is CCCCN(CCO)c1ccnc(C)c1. The highest BCUT2D eigenvalue weighted by Gasteiger charge is 2.05. The molecule has 0 spiro atoms. The number of hydrogen-bond donors (Lipinski definition) is 1. The average Bonchev–Trinajstić information content (AvgIpc) is 2.24. The van der Waals surface area contributed by atoms with Crippen molar-refractivity contribution in [3.8, 4) is 0 Å². The third kappa shape index (κ3) is 3.88. The lowest BCUT2D eigenvalue weighted by Gasteiger charge is -2.23. The van der Waals surface area contributed by atoms with E-state index in [0.717, 1.165) is 24.3 Å². The van der Waals surface area contributed by atoms with Gasteiger partial charge in [0.05, 0.1) is 6.61 Å². The van der Waals surface area contributed by atoms with Crippen molar-refractivity contribution in [3.63, 3.8) is 0 Å². The van der Waals surface area contributed by atoms with Crippen LogP contribution < -0.4 is 4.90 Å². The van der Waals surface area contributed by atoms with Gasteiger partial charge in [0.25, 0.3) is 0 Å². The van der Waals surface area contributed by atoms with Gasteiger partial charge in [-0.15, -0.1) is 0 Å². The van der Waals surface area contributed by atoms with E-state index in [2.05, 4.69) is 22.9 Å². The zero-order chi connectivity index (χ0) is 11.1. The first-order valence-electron chi connectivity index (χ1n) is 5.56. The minimum Gasteiger partial charge on any atom is -0.395 e. The molecule has 1 heterocycles. The number of rotatable bonds is 6. The van der Waals surface area contributed by atoms with Crippen molar-refractivity contribution in [2.45, 2.75) is 26.7 Å². The zero-order valence-electron chi connectivity index (χ0n) is 9.61. The van der Waals surface area contributed by atoms with Crippen LogP contribution in [0, 0.1) is 6.92 Å². The van der Waals surface area contributed by atoms with Crippen molar-refractivity contribution >= 4 is 5.69 Å². The van der Waals surface area contributed by atoms with Crippen LogP contribution in [0.25, 0.3) is 0 Å². The topological polar surface area (TPSA) is 36.4 Å². The van der Waals surface area contributed by atoms with Crippen LogP contribution in [0.4, 0.5) is 5.69 Å². The third-order valence-electron chi connectivity index (χ3n) is 2.40. The van der Waals surface area contributed by atoms with E-state index in [1.165, 1.54) is 6.42 Å². The molecule has 0 fully saturated rings. The molecule has 1 N–H and O–H groups in total. The molecule has 0 aromatic carbocycles. The highest BCUT2D eigenvalue weighted by Crippen LogP contribution is 2.14. The van der Waals surface area contributed by atoms with Gasteiger partial charge in [-0.05, 0) is 25.5 Å². The standard InChI is InChI=1S/C12H20N2O/c1-3-4-7-14(8-9-15)12-5-6-13-11(2)10-12/h5-6,10,15H,3-4,7-9H2,1-2H3. The fourth-order valence-corrected chi connectivity index (χ4v) is 1.57. The average molecular weight is 208 g/mol. The number of pyridine rings is 1. The number of unbranched alkanes of at least 4 members (excludes halogenated alkanes) is 1. The van der Waals surface area contributed by atoms with Gasteiger partial charge in [0, 0.05) is 30.7 Å². The van der Waals surface area contributed by atoms with Gasteiger partial charge in [-0.25, -0.2) is 0 Å². The van der Waals surface area contributed by atoms with E-state index < -0.39 is 0 Å². The van der Waals surface area contributed by atoms with Crippen molar-refractivity contribution in [1.82, 2.24) is 4.98 Å². The van der Waals surface area contributed by atoms with Crippen LogP contribution in [-0.4, -0.2) is 29.8 Å². The van der Waals surface area contributed by atoms with Gasteiger partial charge < -0.3 is 10.0 Å². The van der Waals surface area contributed by atoms with E-state index >= 15 is 0 Å². The Hall–Kier alpha value is -1.09. The molecule has 0 saturated carbocycles. The second-order valence-corrected chi connectivity index (χ2v) is 3.72. The van der Waals surface area contributed by atoms with Gasteiger partial charge in [0.1, 0.15) is 0 Å². The Bertz CT molecular complexity index is 289. The number of anilines is 1. The van der Waals surface area contributed by atoms with E-state index in [1.54, 1.807) is 0 Å². The molecule has 3 heteroatoms. The number of aliphatic hydroxyl groups is 1. The fraction of sp³-hybridized carbons (Fsp3) is 0.583. The predicted molar refractivity (Wildman–Crippen MR) is 63.2 cm³/mol. The molecule has 15 heavy (non-hydrogen) atoms. The molecule has 84 valence electrons. The molecule has 1 rings (SSSR count). The smallest absolute Gasteiger partial charge is 0.0606 e. The maximum atomic E-state index is 9.01. The lowest BCUT2D eigenvalue weighted by Crippen LogP contribution is -2.27. The second kappa shape index (κ2) is 6.40. The van der Waals surface area contributed by atoms with Crippen molar-refractivity contribution in [2.24, 2.45) is 0 Å². The van der Waals surface area contributed by atoms with Crippen molar-refractivity contribution in [3.05, 3.63) is 24.0 Å². The monoisotopic (exact) mass is 208 g/mol. The van der Waals surface area contributed by atoms with Gasteiger partial charge in [-0.1, -0.05) is 13.3 Å². The summed E-state index contributed by atoms with van der Waals surface area (Å²) in [5.41, 5.74) is 2.18. The number of aliphatic hydroxyl groups excluding tert-OH is 1. The van der Waals surface area contributed by atoms with Gasteiger partial charge in [0.15, 0.2) is 0 Å². The molecule has 0 bridgehead atoms. The molecule has 0 atom stereocenters. The summed E-state index contributed by atoms with van der Waals surface area (Å²) in [7, 11) is 0. The molecule has 1 aromatic rings. The van der Waals surface area contributed by atoms with Gasteiger partial charge in [0.2, 0.25) is 0 Å². The van der Waals surface area contributed by atoms with E-state index in [0.29, 0.717) is 6.54 Å². The number of aryl methyl sites for hydroxylation is 1. The first-order valence-corrected chi connectivity index (χ1v) is 5.56. The van der Waals surface area contributed by atoms with Crippen LogP contribution >= 0.6 is 0 Å². The van der Waals surface area contributed by atoms with E-state index in [1.807, 2.05) is 19.2 Å². The van der Waals surface area contributed by atoms with Crippen LogP contribution in [0.2, 0.25) is 0 Å². The Kier molecular flexibility index (Phi) is 5.12. The Labute approximate surface area is 91.8 Å². The number of aromatic nitrogens is 1. The maximum Gasteiger partial charge on any atom is 0.0606 e. The Morgan fingerprint density at radius 3 is 2.80 bits per heavy atom. The highest BCUT2D eigenvalue weighted by molar-refractivity contribution is 5.46. The third-order valence-corrected chi connectivity index (χ3v) is 2.40. The Morgan fingerprint density at radius 1 is 1.40 bits per heavy atom. The Balaban J connectivity index is 2.69. The molecular weight excluding hydrogens is 188 g/mol. The summed E-state index contributed by atoms with van der Waals surface area (Å²) < 4.78 is 0. The van der Waals surface area contributed by atoms with Crippen LogP contribution in [0.15, 0.2) is 18.3 Å². The molecule has 0 aliphatic carbocycles. The molecule has 0 amide bonds. The van der Waals surface area contributed by atoms with Crippen LogP contribution in [0.1, 0.15) is 25.5 Å². The Morgan fingerprint density at radius 2 is 2.20 bits per heavy atom. The van der Waals surface area contributed by atoms with Crippen LogP contribution in [0.3, 0.4) is 0 Å². The minimum atomic E-state index is 0.199. The van der Waals surface area contributed by atoms with Crippen molar-refractivity contribution in [2.75, 3.05) is 24.6 Å². The first kappa shape index (κ1) is 12.0. The molecule has 0 unspecified atom stereocenters. The lowest BCUT2D eigenvalue weighted by molar-refractivity contribution is 0.301. The normalized spacial score (nSPS) is 10.3. The zero-order valence-corrected chi connectivity index (χ0v) is 9.61. The summed E-state index contributed by atoms with van der Waals surface area (Å²) in [6.45, 7) is 6.06. The summed E-state index contributed by atoms with van der Waals surface area (Å²) in [6.07, 6.45) is 4.15. The molecule has 0 aliphatic rings. The molecule has 3 nitrogen and oxygen atoms in total. The summed E-state index contributed by atoms with van der Waals surface area (Å²) >= 11 is 0. The van der Waals surface area contributed by atoms with Crippen LogP contribution in [-0.2, 0) is 0 Å². The van der Waals surface area contributed by atoms with Gasteiger partial charge in [-0.2, -0.15) is 0 Å². The van der Waals surface area contributed by atoms with Crippen LogP contribution in [0.5, 0.6) is 0 Å². The molecular formula is C12H20N2O. The number of hydrogen-bond acceptors (Lipinski definition) is 3. The molecule has 0 aliphatic heterocycles.